The molecule has 1 spiro atoms. The zero-order valence-corrected chi connectivity index (χ0v) is 16.6. The van der Waals surface area contributed by atoms with Gasteiger partial charge in [0.2, 0.25) is 5.78 Å². The fourth-order valence-electron chi connectivity index (χ4n) is 7.23. The lowest BCUT2D eigenvalue weighted by molar-refractivity contribution is -0.419. The van der Waals surface area contributed by atoms with Crippen molar-refractivity contribution in [2.75, 3.05) is 19.7 Å². The molecule has 1 saturated carbocycles. The highest BCUT2D eigenvalue weighted by Gasteiger charge is 2.69. The molecule has 3 saturated heterocycles. The van der Waals surface area contributed by atoms with Gasteiger partial charge in [0, 0.05) is 30.0 Å². The lowest BCUT2D eigenvalue weighted by atomic mass is 9.54. The highest BCUT2D eigenvalue weighted by atomic mass is 16.6. The maximum atomic E-state index is 12.4. The predicted molar refractivity (Wildman–Crippen MR) is 103 cm³/mol. The fourth-order valence-corrected chi connectivity index (χ4v) is 7.23. The molecular formula is C21H21N3O7. The van der Waals surface area contributed by atoms with E-state index in [4.69, 9.17) is 4.74 Å². The molecule has 31 heavy (non-hydrogen) atoms. The van der Waals surface area contributed by atoms with Crippen LogP contribution < -0.4 is 5.32 Å². The minimum Gasteiger partial charge on any atom is -0.481 e. The van der Waals surface area contributed by atoms with E-state index >= 15 is 0 Å². The first kappa shape index (κ1) is 18.9. The van der Waals surface area contributed by atoms with Gasteiger partial charge in [0.15, 0.2) is 0 Å². The van der Waals surface area contributed by atoms with E-state index in [-0.39, 0.29) is 36.0 Å². The minimum atomic E-state index is -1.11. The maximum Gasteiger partial charge on any atom is 0.343 e. The van der Waals surface area contributed by atoms with Crippen molar-refractivity contribution in [1.82, 2.24) is 10.2 Å². The molecule has 6 atom stereocenters. The molecule has 4 fully saturated rings. The van der Waals surface area contributed by atoms with Crippen LogP contribution in [0, 0.1) is 27.4 Å². The highest BCUT2D eigenvalue weighted by molar-refractivity contribution is 6.48. The van der Waals surface area contributed by atoms with Crippen molar-refractivity contribution in [3.63, 3.8) is 0 Å². The number of nitro groups is 1. The van der Waals surface area contributed by atoms with Crippen molar-refractivity contribution in [3.8, 4) is 0 Å². The number of hydrogen-bond acceptors (Lipinski definition) is 8. The van der Waals surface area contributed by atoms with Gasteiger partial charge < -0.3 is 15.2 Å². The summed E-state index contributed by atoms with van der Waals surface area (Å²) in [6.07, 6.45) is 4.09. The van der Waals surface area contributed by atoms with Gasteiger partial charge >= 0.3 is 17.4 Å². The molecule has 162 valence electrons. The van der Waals surface area contributed by atoms with Crippen LogP contribution in [0.5, 0.6) is 0 Å². The minimum absolute atomic E-state index is 0.0738. The van der Waals surface area contributed by atoms with E-state index in [1.165, 1.54) is 11.6 Å². The lowest BCUT2D eigenvalue weighted by Gasteiger charge is -2.55. The van der Waals surface area contributed by atoms with E-state index in [0.717, 1.165) is 19.5 Å². The molecule has 2 aliphatic carbocycles. The first-order valence-electron chi connectivity index (χ1n) is 10.6. The molecule has 6 aliphatic rings. The Morgan fingerprint density at radius 2 is 2.23 bits per heavy atom. The fraction of sp³-hybridized carbons (Fsp3) is 0.571. The third kappa shape index (κ3) is 2.26. The molecule has 2 bridgehead atoms. The Labute approximate surface area is 176 Å². The summed E-state index contributed by atoms with van der Waals surface area (Å²) < 4.78 is 6.00. The first-order chi connectivity index (χ1) is 14.8. The summed E-state index contributed by atoms with van der Waals surface area (Å²) in [5.41, 5.74) is 0.637. The largest absolute Gasteiger partial charge is 0.481 e. The normalized spacial score (nSPS) is 40.5. The first-order valence-corrected chi connectivity index (χ1v) is 10.6. The lowest BCUT2D eigenvalue weighted by Crippen LogP contribution is -2.63. The summed E-state index contributed by atoms with van der Waals surface area (Å²) in [4.78, 5) is 49.8. The Kier molecular flexibility index (Phi) is 3.72. The number of piperidine rings is 1. The van der Waals surface area contributed by atoms with E-state index in [9.17, 15) is 29.6 Å². The van der Waals surface area contributed by atoms with E-state index < -0.39 is 39.7 Å². The van der Waals surface area contributed by atoms with Gasteiger partial charge in [-0.1, -0.05) is 11.6 Å². The quantitative estimate of drug-likeness (QED) is 0.210. The average Bonchev–Trinajstić information content (AvgIpc) is 3.18. The van der Waals surface area contributed by atoms with Gasteiger partial charge in [-0.25, -0.2) is 0 Å². The second-order valence-corrected chi connectivity index (χ2v) is 9.30. The van der Waals surface area contributed by atoms with Crippen LogP contribution in [0.4, 0.5) is 0 Å². The molecule has 4 heterocycles. The van der Waals surface area contributed by atoms with Gasteiger partial charge in [0.05, 0.1) is 24.1 Å². The van der Waals surface area contributed by atoms with E-state index in [1.54, 1.807) is 0 Å². The number of allylic oxidation sites excluding steroid dienone is 3. The molecule has 0 unspecified atom stereocenters. The summed E-state index contributed by atoms with van der Waals surface area (Å²) in [5, 5.41) is 24.6. The van der Waals surface area contributed by atoms with Crippen molar-refractivity contribution in [2.45, 2.75) is 37.5 Å². The molecule has 0 amide bonds. The third-order valence-electron chi connectivity index (χ3n) is 8.26. The van der Waals surface area contributed by atoms with Crippen LogP contribution in [0.25, 0.3) is 0 Å². The number of hydrogen-bond donors (Lipinski definition) is 2. The van der Waals surface area contributed by atoms with Gasteiger partial charge in [-0.05, 0) is 37.0 Å². The summed E-state index contributed by atoms with van der Waals surface area (Å²) >= 11 is 0. The Hall–Kier alpha value is -2.85. The number of carboxylic acids is 1. The summed E-state index contributed by atoms with van der Waals surface area (Å²) in [7, 11) is 0. The van der Waals surface area contributed by atoms with Crippen LogP contribution in [0.1, 0.15) is 19.3 Å². The Morgan fingerprint density at radius 1 is 1.42 bits per heavy atom. The Morgan fingerprint density at radius 3 is 2.97 bits per heavy atom. The molecule has 6 rings (SSSR count). The van der Waals surface area contributed by atoms with E-state index in [0.29, 0.717) is 18.6 Å². The monoisotopic (exact) mass is 427 g/mol. The van der Waals surface area contributed by atoms with Crippen LogP contribution in [-0.4, -0.2) is 70.3 Å². The molecule has 2 N–H and O–H groups in total. The molecule has 4 aliphatic heterocycles. The zero-order valence-electron chi connectivity index (χ0n) is 16.6. The predicted octanol–water partition coefficient (Wildman–Crippen LogP) is 0.0350. The number of Topliss-reactive ketones (excluding diaryl/α,β-unsaturated/α-hetero) is 1. The topological polar surface area (TPSA) is 139 Å². The number of rotatable bonds is 3. The number of carbonyl (C=O) groups excluding carboxylic acids is 2. The number of carboxylic acid groups (broad SMARTS) is 1. The van der Waals surface area contributed by atoms with Gasteiger partial charge in [0.25, 0.3) is 0 Å². The van der Waals surface area contributed by atoms with Crippen molar-refractivity contribution in [2.24, 2.45) is 17.3 Å². The standard InChI is InChI=1S/C21H21N3O7/c25-12-6-11-17(18(19(12)28)24(29)30)22-20-16-10-5-14-21(11,20)2-3-23(14)8-9(10)1-4-31-13(16)7-15(26)27/h1,6,10,13-14,16,20,22H,2-5,7-8H2,(H,26,27)/t10-,13+,14-,16-,20-,21+/m0/s1. The number of nitrogens with zero attached hydrogens (tertiary/aromatic N) is 2. The average molecular weight is 427 g/mol. The molecule has 0 aromatic rings. The molecule has 0 aromatic heterocycles. The van der Waals surface area contributed by atoms with Crippen molar-refractivity contribution >= 4 is 17.5 Å². The van der Waals surface area contributed by atoms with Crippen LogP contribution in [-0.2, 0) is 19.1 Å². The summed E-state index contributed by atoms with van der Waals surface area (Å²) in [6, 6.07) is -0.271. The molecule has 10 heteroatoms. The number of carbonyl (C=O) groups is 3. The number of fused-ring (bicyclic) bond motifs is 2. The smallest absolute Gasteiger partial charge is 0.343 e. The summed E-state index contributed by atoms with van der Waals surface area (Å²) in [6.45, 7) is 1.87. The number of aliphatic carboxylic acids is 1. The zero-order chi connectivity index (χ0) is 21.7. The van der Waals surface area contributed by atoms with Gasteiger partial charge in [0.1, 0.15) is 5.70 Å². The van der Waals surface area contributed by atoms with E-state index in [2.05, 4.69) is 16.3 Å². The van der Waals surface area contributed by atoms with Crippen molar-refractivity contribution in [1.29, 1.82) is 0 Å². The van der Waals surface area contributed by atoms with Gasteiger partial charge in [-0.2, -0.15) is 0 Å². The molecule has 0 aromatic carbocycles. The second-order valence-electron chi connectivity index (χ2n) is 9.30. The van der Waals surface area contributed by atoms with Crippen LogP contribution in [0.2, 0.25) is 0 Å². The van der Waals surface area contributed by atoms with Crippen molar-refractivity contribution in [3.05, 3.63) is 44.8 Å². The number of ether oxygens (including phenoxy) is 1. The second kappa shape index (κ2) is 6.10. The summed E-state index contributed by atoms with van der Waals surface area (Å²) in [5.74, 6) is -3.05. The molecule has 0 radical (unpaired) electrons. The molecule has 10 nitrogen and oxygen atoms in total. The number of ketones is 2. The molecular weight excluding hydrogens is 406 g/mol. The van der Waals surface area contributed by atoms with Gasteiger partial charge in [-0.3, -0.25) is 29.4 Å². The van der Waals surface area contributed by atoms with Crippen LogP contribution in [0.15, 0.2) is 34.7 Å². The highest BCUT2D eigenvalue weighted by Crippen LogP contribution is 2.64. The van der Waals surface area contributed by atoms with Crippen molar-refractivity contribution < 1.29 is 29.2 Å². The van der Waals surface area contributed by atoms with Crippen LogP contribution in [0.3, 0.4) is 0 Å². The Bertz CT molecular complexity index is 1060. The SMILES string of the molecule is O=C(O)C[C@H]1OCC=C2CN3CC[C@]45C6=CC(=O)C(=O)C([N+](=O)[O-])=C6N[C@H]4[C@H]1[C@H]2C[C@H]35. The van der Waals surface area contributed by atoms with E-state index in [1.807, 2.05) is 0 Å². The third-order valence-corrected chi connectivity index (χ3v) is 8.26. The van der Waals surface area contributed by atoms with Crippen LogP contribution >= 0.6 is 0 Å². The number of nitrogens with one attached hydrogen (secondary N) is 1. The van der Waals surface area contributed by atoms with Gasteiger partial charge in [-0.15, -0.1) is 0 Å². The Balaban J connectivity index is 1.57. The maximum absolute atomic E-state index is 12.4.